The standard InChI is InChI=1S/C16H12BrClFNO4/c1-23-15(21)10-5-3-4-6-20(13(10)16(22)24-2)14-11(17)7-9(18)8-12(14)19/h3-8H,1-2H3. The molecule has 0 N–H and O–H groups in total. The van der Waals surface area contributed by atoms with Crippen molar-refractivity contribution < 1.29 is 23.5 Å². The Morgan fingerprint density at radius 1 is 1.17 bits per heavy atom. The van der Waals surface area contributed by atoms with E-state index in [2.05, 4.69) is 15.9 Å². The van der Waals surface area contributed by atoms with Crippen LogP contribution in [0.1, 0.15) is 0 Å². The molecule has 1 heterocycles. The summed E-state index contributed by atoms with van der Waals surface area (Å²) in [6.45, 7) is 0. The normalized spacial score (nSPS) is 13.8. The van der Waals surface area contributed by atoms with Gasteiger partial charge in [0.1, 0.15) is 11.5 Å². The molecule has 0 unspecified atom stereocenters. The highest BCUT2D eigenvalue weighted by Crippen LogP contribution is 2.36. The van der Waals surface area contributed by atoms with Gasteiger partial charge in [0.25, 0.3) is 0 Å². The third-order valence-electron chi connectivity index (χ3n) is 3.11. The SMILES string of the molecule is COC(=O)C1=C(C(=O)OC)N(c2c(F)cc(Cl)cc2Br)C=CC=C1. The average molecular weight is 417 g/mol. The van der Waals surface area contributed by atoms with E-state index >= 15 is 0 Å². The number of carbonyl (C=O) groups excluding carboxylic acids is 2. The van der Waals surface area contributed by atoms with Gasteiger partial charge in [0.2, 0.25) is 0 Å². The Kier molecular flexibility index (Phi) is 5.80. The molecule has 8 heteroatoms. The summed E-state index contributed by atoms with van der Waals surface area (Å²) in [5.41, 5.74) is -0.256. The van der Waals surface area contributed by atoms with Gasteiger partial charge in [0.05, 0.1) is 25.5 Å². The molecule has 1 aromatic rings. The minimum atomic E-state index is -0.826. The Bertz CT molecular complexity index is 765. The van der Waals surface area contributed by atoms with E-state index in [1.54, 1.807) is 6.08 Å². The van der Waals surface area contributed by atoms with Crippen LogP contribution in [0, 0.1) is 5.82 Å². The molecule has 0 saturated carbocycles. The summed E-state index contributed by atoms with van der Waals surface area (Å²) < 4.78 is 24.2. The van der Waals surface area contributed by atoms with Crippen LogP contribution in [0.15, 0.2) is 52.3 Å². The van der Waals surface area contributed by atoms with Crippen LogP contribution in [-0.4, -0.2) is 26.2 Å². The molecule has 0 aliphatic carbocycles. The fourth-order valence-electron chi connectivity index (χ4n) is 2.10. The van der Waals surface area contributed by atoms with Crippen molar-refractivity contribution >= 4 is 45.2 Å². The van der Waals surface area contributed by atoms with Crippen LogP contribution in [-0.2, 0) is 19.1 Å². The first-order chi connectivity index (χ1) is 11.4. The van der Waals surface area contributed by atoms with Crippen LogP contribution in [0.2, 0.25) is 5.02 Å². The number of carbonyl (C=O) groups is 2. The molecule has 0 aromatic heterocycles. The molecule has 0 spiro atoms. The van der Waals surface area contributed by atoms with E-state index in [0.717, 1.165) is 13.2 Å². The van der Waals surface area contributed by atoms with Crippen LogP contribution < -0.4 is 4.90 Å². The maximum atomic E-state index is 14.5. The molecular weight excluding hydrogens is 405 g/mol. The fourth-order valence-corrected chi connectivity index (χ4v) is 3.07. The first-order valence-corrected chi connectivity index (χ1v) is 7.77. The molecule has 0 atom stereocenters. The average Bonchev–Trinajstić information content (AvgIpc) is 2.75. The van der Waals surface area contributed by atoms with Gasteiger partial charge >= 0.3 is 11.9 Å². The molecule has 2 rings (SSSR count). The number of methoxy groups -OCH3 is 2. The van der Waals surface area contributed by atoms with Crippen molar-refractivity contribution in [2.24, 2.45) is 0 Å². The molecule has 126 valence electrons. The number of esters is 2. The van der Waals surface area contributed by atoms with Crippen LogP contribution in [0.25, 0.3) is 0 Å². The van der Waals surface area contributed by atoms with Gasteiger partial charge in [0.15, 0.2) is 0 Å². The summed E-state index contributed by atoms with van der Waals surface area (Å²) in [6.07, 6.45) is 5.88. The number of halogens is 3. The van der Waals surface area contributed by atoms with Crippen molar-refractivity contribution in [2.45, 2.75) is 0 Å². The lowest BCUT2D eigenvalue weighted by molar-refractivity contribution is -0.139. The summed E-state index contributed by atoms with van der Waals surface area (Å²) in [6, 6.07) is 2.57. The molecule has 0 amide bonds. The maximum absolute atomic E-state index is 14.5. The number of rotatable bonds is 3. The minimum Gasteiger partial charge on any atom is -0.465 e. The summed E-state index contributed by atoms with van der Waals surface area (Å²) >= 11 is 9.04. The van der Waals surface area contributed by atoms with Gasteiger partial charge < -0.3 is 14.4 Å². The second-order valence-electron chi connectivity index (χ2n) is 4.53. The van der Waals surface area contributed by atoms with Crippen molar-refractivity contribution in [1.29, 1.82) is 0 Å². The Morgan fingerprint density at radius 2 is 1.83 bits per heavy atom. The summed E-state index contributed by atoms with van der Waals surface area (Å²) in [7, 11) is 2.34. The Labute approximate surface area is 151 Å². The Morgan fingerprint density at radius 3 is 2.42 bits per heavy atom. The molecule has 1 aromatic carbocycles. The van der Waals surface area contributed by atoms with Gasteiger partial charge in [-0.3, -0.25) is 0 Å². The molecule has 1 aliphatic heterocycles. The van der Waals surface area contributed by atoms with E-state index in [1.807, 2.05) is 0 Å². The van der Waals surface area contributed by atoms with Gasteiger partial charge in [-0.1, -0.05) is 17.7 Å². The number of ether oxygens (including phenoxy) is 2. The molecule has 0 bridgehead atoms. The molecule has 5 nitrogen and oxygen atoms in total. The predicted octanol–water partition coefficient (Wildman–Crippen LogP) is 3.73. The second kappa shape index (κ2) is 7.63. The first-order valence-electron chi connectivity index (χ1n) is 6.60. The van der Waals surface area contributed by atoms with Gasteiger partial charge in [-0.15, -0.1) is 0 Å². The lowest BCUT2D eigenvalue weighted by atomic mass is 10.1. The number of nitrogens with zero attached hydrogens (tertiary/aromatic N) is 1. The van der Waals surface area contributed by atoms with Gasteiger partial charge in [-0.2, -0.15) is 0 Å². The van der Waals surface area contributed by atoms with Gasteiger partial charge in [0, 0.05) is 15.7 Å². The lowest BCUT2D eigenvalue weighted by Crippen LogP contribution is -2.27. The molecular formula is C16H12BrClFNO4. The lowest BCUT2D eigenvalue weighted by Gasteiger charge is -2.24. The number of anilines is 1. The molecule has 24 heavy (non-hydrogen) atoms. The zero-order chi connectivity index (χ0) is 17.9. The van der Waals surface area contributed by atoms with Crippen molar-refractivity contribution in [2.75, 3.05) is 19.1 Å². The van der Waals surface area contributed by atoms with Crippen LogP contribution in [0.3, 0.4) is 0 Å². The van der Waals surface area contributed by atoms with Gasteiger partial charge in [-0.25, -0.2) is 14.0 Å². The number of benzene rings is 1. The highest BCUT2D eigenvalue weighted by molar-refractivity contribution is 9.10. The third kappa shape index (κ3) is 3.52. The zero-order valence-electron chi connectivity index (χ0n) is 12.7. The number of hydrogen-bond acceptors (Lipinski definition) is 5. The van der Waals surface area contributed by atoms with Crippen LogP contribution in [0.5, 0.6) is 0 Å². The third-order valence-corrected chi connectivity index (χ3v) is 3.93. The fraction of sp³-hybridized carbons (Fsp3) is 0.125. The van der Waals surface area contributed by atoms with Crippen molar-refractivity contribution in [3.8, 4) is 0 Å². The Balaban J connectivity index is 2.75. The summed E-state index contributed by atoms with van der Waals surface area (Å²) in [4.78, 5) is 25.5. The first kappa shape index (κ1) is 18.2. The zero-order valence-corrected chi connectivity index (χ0v) is 15.0. The highest BCUT2D eigenvalue weighted by Gasteiger charge is 2.30. The maximum Gasteiger partial charge on any atom is 0.355 e. The smallest absolute Gasteiger partial charge is 0.355 e. The summed E-state index contributed by atoms with van der Waals surface area (Å²) in [5, 5.41) is 0.178. The molecule has 0 saturated heterocycles. The topological polar surface area (TPSA) is 55.8 Å². The summed E-state index contributed by atoms with van der Waals surface area (Å²) in [5.74, 6) is -2.27. The van der Waals surface area contributed by atoms with E-state index in [9.17, 15) is 14.0 Å². The predicted molar refractivity (Wildman–Crippen MR) is 90.9 cm³/mol. The monoisotopic (exact) mass is 415 g/mol. The van der Waals surface area contributed by atoms with Crippen molar-refractivity contribution in [1.82, 2.24) is 0 Å². The van der Waals surface area contributed by atoms with Crippen molar-refractivity contribution in [3.05, 3.63) is 63.1 Å². The number of allylic oxidation sites excluding steroid dienone is 2. The van der Waals surface area contributed by atoms with E-state index in [4.69, 9.17) is 21.1 Å². The molecule has 1 aliphatic rings. The van der Waals surface area contributed by atoms with E-state index in [-0.39, 0.29) is 22.0 Å². The Hall–Kier alpha value is -2.12. The highest BCUT2D eigenvalue weighted by atomic mass is 79.9. The minimum absolute atomic E-state index is 0.00107. The number of hydrogen-bond donors (Lipinski definition) is 0. The van der Waals surface area contributed by atoms with Crippen LogP contribution >= 0.6 is 27.5 Å². The molecule has 0 fully saturated rings. The largest absolute Gasteiger partial charge is 0.465 e. The quantitative estimate of drug-likeness (QED) is 0.703. The van der Waals surface area contributed by atoms with Crippen LogP contribution in [0.4, 0.5) is 10.1 Å². The van der Waals surface area contributed by atoms with Crippen molar-refractivity contribution in [3.63, 3.8) is 0 Å². The molecule has 0 radical (unpaired) electrons. The second-order valence-corrected chi connectivity index (χ2v) is 5.82. The van der Waals surface area contributed by atoms with E-state index in [0.29, 0.717) is 4.47 Å². The van der Waals surface area contributed by atoms with E-state index < -0.39 is 17.8 Å². The van der Waals surface area contributed by atoms with E-state index in [1.165, 1.54) is 36.4 Å². The van der Waals surface area contributed by atoms with Gasteiger partial charge in [-0.05, 0) is 40.2 Å².